The third-order valence-corrected chi connectivity index (χ3v) is 3.63. The van der Waals surface area contributed by atoms with E-state index in [1.807, 2.05) is 6.07 Å². The third-order valence-electron chi connectivity index (χ3n) is 3.63. The molecule has 1 aliphatic heterocycles. The van der Waals surface area contributed by atoms with Crippen LogP contribution in [0.3, 0.4) is 0 Å². The molecular weight excluding hydrogens is 214 g/mol. The van der Waals surface area contributed by atoms with Crippen LogP contribution >= 0.6 is 0 Å². The first kappa shape index (κ1) is 12.6. The minimum atomic E-state index is 0.493. The van der Waals surface area contributed by atoms with Crippen LogP contribution in [-0.4, -0.2) is 43.0 Å². The first-order chi connectivity index (χ1) is 8.20. The lowest BCUT2D eigenvalue weighted by Crippen LogP contribution is -2.44. The molecule has 1 saturated heterocycles. The van der Waals surface area contributed by atoms with Crippen molar-refractivity contribution in [2.45, 2.75) is 32.0 Å². The Kier molecular flexibility index (Phi) is 4.20. The van der Waals surface area contributed by atoms with Crippen molar-refractivity contribution in [3.63, 3.8) is 0 Å². The zero-order chi connectivity index (χ0) is 12.3. The van der Waals surface area contributed by atoms with Crippen molar-refractivity contribution in [3.05, 3.63) is 23.7 Å². The second kappa shape index (κ2) is 5.67. The van der Waals surface area contributed by atoms with Crippen molar-refractivity contribution in [3.8, 4) is 0 Å². The van der Waals surface area contributed by atoms with E-state index in [9.17, 15) is 0 Å². The molecule has 0 amide bonds. The van der Waals surface area contributed by atoms with Crippen LogP contribution in [0.2, 0.25) is 0 Å². The van der Waals surface area contributed by atoms with E-state index in [0.29, 0.717) is 12.6 Å². The molecule has 0 radical (unpaired) electrons. The highest BCUT2D eigenvalue weighted by molar-refractivity contribution is 5.16. The second-order valence-electron chi connectivity index (χ2n) is 5.07. The molecule has 4 heteroatoms. The van der Waals surface area contributed by atoms with Gasteiger partial charge in [0.15, 0.2) is 0 Å². The summed E-state index contributed by atoms with van der Waals surface area (Å²) >= 11 is 0. The molecule has 1 aromatic rings. The number of furan rings is 1. The van der Waals surface area contributed by atoms with E-state index < -0.39 is 0 Å². The maximum atomic E-state index is 5.66. The highest BCUT2D eigenvalue weighted by atomic mass is 16.3. The maximum Gasteiger partial charge on any atom is 0.121 e. The highest BCUT2D eigenvalue weighted by Gasteiger charge is 2.22. The number of hydrogen-bond acceptors (Lipinski definition) is 4. The van der Waals surface area contributed by atoms with E-state index >= 15 is 0 Å². The molecule has 2 heterocycles. The van der Waals surface area contributed by atoms with Gasteiger partial charge in [0.05, 0.1) is 12.8 Å². The molecule has 1 atom stereocenters. The molecule has 1 aromatic heterocycles. The average Bonchev–Trinajstić information content (AvgIpc) is 2.76. The van der Waals surface area contributed by atoms with E-state index in [1.54, 1.807) is 6.26 Å². The van der Waals surface area contributed by atoms with Crippen LogP contribution in [0.4, 0.5) is 0 Å². The average molecular weight is 237 g/mol. The van der Waals surface area contributed by atoms with E-state index in [-0.39, 0.29) is 0 Å². The number of nitrogens with zero attached hydrogens (tertiary/aromatic N) is 2. The quantitative estimate of drug-likeness (QED) is 0.856. The lowest BCUT2D eigenvalue weighted by molar-refractivity contribution is 0.127. The van der Waals surface area contributed by atoms with Crippen molar-refractivity contribution in [2.24, 2.45) is 5.73 Å². The zero-order valence-corrected chi connectivity index (χ0v) is 10.9. The predicted molar refractivity (Wildman–Crippen MR) is 68.6 cm³/mol. The van der Waals surface area contributed by atoms with Gasteiger partial charge in [-0.05, 0) is 39.5 Å². The zero-order valence-electron chi connectivity index (χ0n) is 10.9. The molecule has 2 N–H and O–H groups in total. The maximum absolute atomic E-state index is 5.66. The monoisotopic (exact) mass is 237 g/mol. The molecule has 96 valence electrons. The summed E-state index contributed by atoms with van der Waals surface area (Å²) in [5.74, 6) is 0.928. The Morgan fingerprint density at radius 3 is 3.06 bits per heavy atom. The number of likely N-dealkylation sites (N-methyl/N-ethyl adjacent to an activating group) is 1. The van der Waals surface area contributed by atoms with E-state index in [0.717, 1.165) is 18.8 Å². The molecule has 2 rings (SSSR count). The fourth-order valence-electron chi connectivity index (χ4n) is 2.52. The van der Waals surface area contributed by atoms with Crippen LogP contribution in [0.25, 0.3) is 0 Å². The molecule has 17 heavy (non-hydrogen) atoms. The summed E-state index contributed by atoms with van der Waals surface area (Å²) in [6, 6.07) is 2.72. The lowest BCUT2D eigenvalue weighted by atomic mass is 10.0. The van der Waals surface area contributed by atoms with Gasteiger partial charge in [0.1, 0.15) is 5.76 Å². The smallest absolute Gasteiger partial charge is 0.121 e. The van der Waals surface area contributed by atoms with Crippen molar-refractivity contribution >= 4 is 0 Å². The van der Waals surface area contributed by atoms with Gasteiger partial charge in [0.2, 0.25) is 0 Å². The van der Waals surface area contributed by atoms with Crippen molar-refractivity contribution < 1.29 is 4.42 Å². The largest absolute Gasteiger partial charge is 0.468 e. The second-order valence-corrected chi connectivity index (χ2v) is 5.07. The first-order valence-corrected chi connectivity index (χ1v) is 6.34. The van der Waals surface area contributed by atoms with E-state index in [2.05, 4.69) is 23.9 Å². The summed E-state index contributed by atoms with van der Waals surface area (Å²) in [7, 11) is 4.33. The van der Waals surface area contributed by atoms with Crippen LogP contribution in [0.5, 0.6) is 0 Å². The van der Waals surface area contributed by atoms with Crippen LogP contribution < -0.4 is 5.73 Å². The van der Waals surface area contributed by atoms with Crippen molar-refractivity contribution in [2.75, 3.05) is 27.2 Å². The number of nitrogens with two attached hydrogens (primary N) is 1. The number of piperidine rings is 1. The molecule has 0 spiro atoms. The van der Waals surface area contributed by atoms with Gasteiger partial charge >= 0.3 is 0 Å². The Morgan fingerprint density at radius 1 is 1.53 bits per heavy atom. The summed E-state index contributed by atoms with van der Waals surface area (Å²) < 4.78 is 5.37. The third kappa shape index (κ3) is 3.09. The summed E-state index contributed by atoms with van der Waals surface area (Å²) in [5.41, 5.74) is 6.90. The van der Waals surface area contributed by atoms with Gasteiger partial charge in [-0.3, -0.25) is 4.90 Å². The number of hydrogen-bond donors (Lipinski definition) is 1. The van der Waals surface area contributed by atoms with Gasteiger partial charge in [-0.25, -0.2) is 0 Å². The molecule has 0 aromatic carbocycles. The van der Waals surface area contributed by atoms with Crippen LogP contribution in [0, 0.1) is 0 Å². The molecule has 1 aliphatic rings. The molecule has 0 aliphatic carbocycles. The Morgan fingerprint density at radius 2 is 2.35 bits per heavy atom. The Bertz CT molecular complexity index is 348. The molecule has 0 bridgehead atoms. The van der Waals surface area contributed by atoms with Gasteiger partial charge in [-0.1, -0.05) is 0 Å². The lowest BCUT2D eigenvalue weighted by Gasteiger charge is -2.36. The Labute approximate surface area is 103 Å². The molecular formula is C13H23N3O. The number of rotatable bonds is 4. The van der Waals surface area contributed by atoms with Gasteiger partial charge in [0, 0.05) is 24.7 Å². The fraction of sp³-hybridized carbons (Fsp3) is 0.692. The molecule has 1 fully saturated rings. The van der Waals surface area contributed by atoms with Crippen molar-refractivity contribution in [1.29, 1.82) is 0 Å². The predicted octanol–water partition coefficient (Wildman–Crippen LogP) is 1.26. The molecule has 1 unspecified atom stereocenters. The van der Waals surface area contributed by atoms with Crippen molar-refractivity contribution in [1.82, 2.24) is 9.80 Å². The topological polar surface area (TPSA) is 45.6 Å². The SMILES string of the molecule is CN(C)C1CCCN(Cc2ccoc2CN)C1. The van der Waals surface area contributed by atoms with Crippen LogP contribution in [0.15, 0.2) is 16.7 Å². The van der Waals surface area contributed by atoms with E-state index in [4.69, 9.17) is 10.2 Å². The Hall–Kier alpha value is -0.840. The van der Waals surface area contributed by atoms with Gasteiger partial charge in [0.25, 0.3) is 0 Å². The summed E-state index contributed by atoms with van der Waals surface area (Å²) in [4.78, 5) is 4.82. The van der Waals surface area contributed by atoms with Gasteiger partial charge in [-0.15, -0.1) is 0 Å². The molecule has 0 saturated carbocycles. The number of likely N-dealkylation sites (tertiary alicyclic amines) is 1. The first-order valence-electron chi connectivity index (χ1n) is 6.34. The standard InChI is InChI=1S/C13H23N3O/c1-15(2)12-4-3-6-16(10-12)9-11-5-7-17-13(11)8-14/h5,7,12H,3-4,6,8-10,14H2,1-2H3. The van der Waals surface area contributed by atoms with E-state index in [1.165, 1.54) is 24.9 Å². The fourth-order valence-corrected chi connectivity index (χ4v) is 2.52. The van der Waals surface area contributed by atoms with Crippen LogP contribution in [0.1, 0.15) is 24.2 Å². The highest BCUT2D eigenvalue weighted by Crippen LogP contribution is 2.18. The normalized spacial score (nSPS) is 22.2. The van der Waals surface area contributed by atoms with Crippen LogP contribution in [-0.2, 0) is 13.1 Å². The minimum Gasteiger partial charge on any atom is -0.468 e. The minimum absolute atomic E-state index is 0.493. The molecule has 4 nitrogen and oxygen atoms in total. The summed E-state index contributed by atoms with van der Waals surface area (Å²) in [6.45, 7) is 3.78. The van der Waals surface area contributed by atoms with Gasteiger partial charge in [-0.2, -0.15) is 0 Å². The Balaban J connectivity index is 1.94. The summed E-state index contributed by atoms with van der Waals surface area (Å²) in [6.07, 6.45) is 4.32. The van der Waals surface area contributed by atoms with Gasteiger partial charge < -0.3 is 15.1 Å². The summed E-state index contributed by atoms with van der Waals surface area (Å²) in [5, 5.41) is 0.